The van der Waals surface area contributed by atoms with E-state index in [-0.39, 0.29) is 17.1 Å². The lowest BCUT2D eigenvalue weighted by Crippen LogP contribution is -2.19. The molecule has 0 spiro atoms. The van der Waals surface area contributed by atoms with Gasteiger partial charge in [0.1, 0.15) is 5.75 Å². The van der Waals surface area contributed by atoms with Crippen LogP contribution >= 0.6 is 11.8 Å². The van der Waals surface area contributed by atoms with Crippen molar-refractivity contribution in [2.24, 2.45) is 0 Å². The molecule has 3 heterocycles. The predicted molar refractivity (Wildman–Crippen MR) is 129 cm³/mol. The molecule has 0 saturated carbocycles. The Morgan fingerprint density at radius 2 is 2.06 bits per heavy atom. The topological polar surface area (TPSA) is 82.0 Å². The molecule has 1 fully saturated rings. The maximum absolute atomic E-state index is 13.1. The fourth-order valence-corrected chi connectivity index (χ4v) is 5.13. The number of methoxy groups -OCH3 is 1. The Morgan fingerprint density at radius 1 is 1.24 bits per heavy atom. The lowest BCUT2D eigenvalue weighted by molar-refractivity contribution is 0.0953. The first-order valence-electron chi connectivity index (χ1n) is 11.1. The van der Waals surface area contributed by atoms with E-state index in [9.17, 15) is 4.79 Å². The molecule has 4 aromatic rings. The minimum Gasteiger partial charge on any atom is -0.497 e. The number of aromatic amines is 1. The zero-order valence-corrected chi connectivity index (χ0v) is 19.5. The van der Waals surface area contributed by atoms with E-state index in [1.54, 1.807) is 31.4 Å². The van der Waals surface area contributed by atoms with E-state index in [2.05, 4.69) is 25.8 Å². The van der Waals surface area contributed by atoms with Crippen LogP contribution in [0.1, 0.15) is 30.1 Å². The van der Waals surface area contributed by atoms with Crippen molar-refractivity contribution in [1.82, 2.24) is 19.7 Å². The van der Waals surface area contributed by atoms with E-state index < -0.39 is 0 Å². The van der Waals surface area contributed by atoms with Gasteiger partial charge < -0.3 is 14.5 Å². The van der Waals surface area contributed by atoms with Crippen LogP contribution in [0.15, 0.2) is 59.9 Å². The summed E-state index contributed by atoms with van der Waals surface area (Å²) in [6, 6.07) is 15.4. The van der Waals surface area contributed by atoms with Crippen molar-refractivity contribution in [2.45, 2.75) is 42.8 Å². The van der Waals surface area contributed by atoms with Gasteiger partial charge in [0.2, 0.25) is 0 Å². The van der Waals surface area contributed by atoms with Gasteiger partial charge in [0.05, 0.1) is 25.0 Å². The van der Waals surface area contributed by atoms with E-state index in [0.29, 0.717) is 12.1 Å². The largest absolute Gasteiger partial charge is 0.497 e. The molecule has 1 saturated heterocycles. The molecule has 1 N–H and O–H groups in total. The highest BCUT2D eigenvalue weighted by Gasteiger charge is 2.26. The first-order chi connectivity index (χ1) is 16.1. The van der Waals surface area contributed by atoms with Crippen molar-refractivity contribution in [1.29, 1.82) is 0 Å². The molecule has 7 nitrogen and oxygen atoms in total. The van der Waals surface area contributed by atoms with E-state index >= 15 is 0 Å². The molecule has 2 aromatic carbocycles. The van der Waals surface area contributed by atoms with Crippen LogP contribution in [0.4, 0.5) is 0 Å². The number of ether oxygens (including phenoxy) is 2. The van der Waals surface area contributed by atoms with Crippen LogP contribution in [0.25, 0.3) is 22.3 Å². The van der Waals surface area contributed by atoms with Gasteiger partial charge >= 0.3 is 0 Å². The zero-order chi connectivity index (χ0) is 22.8. The summed E-state index contributed by atoms with van der Waals surface area (Å²) in [6.45, 7) is 3.35. The minimum absolute atomic E-state index is 0.0444. The second-order valence-corrected chi connectivity index (χ2v) is 9.46. The molecule has 8 heteroatoms. The highest BCUT2D eigenvalue weighted by Crippen LogP contribution is 2.33. The molecule has 170 valence electrons. The van der Waals surface area contributed by atoms with Crippen LogP contribution in [0.2, 0.25) is 0 Å². The summed E-state index contributed by atoms with van der Waals surface area (Å²) >= 11 is 1.43. The lowest BCUT2D eigenvalue weighted by atomic mass is 10.1. The molecule has 0 radical (unpaired) electrons. The van der Waals surface area contributed by atoms with Crippen molar-refractivity contribution in [3.05, 3.63) is 60.3 Å². The van der Waals surface area contributed by atoms with E-state index in [4.69, 9.17) is 9.47 Å². The Hall–Kier alpha value is -3.10. The number of para-hydroxylation sites is 1. The Labute approximate surface area is 196 Å². The number of rotatable bonds is 8. The maximum atomic E-state index is 13.1. The van der Waals surface area contributed by atoms with E-state index in [0.717, 1.165) is 52.6 Å². The number of thioether (sulfide) groups is 1. The fourth-order valence-electron chi connectivity index (χ4n) is 4.19. The fraction of sp³-hybridized carbons (Fsp3) is 0.320. The molecule has 2 unspecified atom stereocenters. The quantitative estimate of drug-likeness (QED) is 0.294. The number of hydrogen-bond donors (Lipinski definition) is 1. The Bertz CT molecular complexity index is 1260. The summed E-state index contributed by atoms with van der Waals surface area (Å²) in [4.78, 5) is 16.4. The molecule has 33 heavy (non-hydrogen) atoms. The number of carbonyl (C=O) groups excluding carboxylic acids is 1. The number of aromatic nitrogens is 4. The number of H-pyrrole nitrogens is 1. The van der Waals surface area contributed by atoms with Crippen LogP contribution in [-0.4, -0.2) is 50.6 Å². The smallest absolute Gasteiger partial charge is 0.192 e. The first kappa shape index (κ1) is 21.7. The molecule has 0 amide bonds. The molecule has 0 bridgehead atoms. The minimum atomic E-state index is -0.318. The first-order valence-corrected chi connectivity index (χ1v) is 12.0. The third kappa shape index (κ3) is 4.41. The van der Waals surface area contributed by atoms with Crippen molar-refractivity contribution >= 4 is 28.4 Å². The normalized spacial score (nSPS) is 16.8. The highest BCUT2D eigenvalue weighted by atomic mass is 32.2. The van der Waals surface area contributed by atoms with E-state index in [1.165, 1.54) is 11.8 Å². The average Bonchev–Trinajstić information content (AvgIpc) is 3.60. The van der Waals surface area contributed by atoms with E-state index in [1.807, 2.05) is 31.3 Å². The number of benzene rings is 2. The van der Waals surface area contributed by atoms with Gasteiger partial charge in [-0.2, -0.15) is 0 Å². The molecular weight excluding hydrogens is 436 g/mol. The van der Waals surface area contributed by atoms with Crippen molar-refractivity contribution in [3.8, 4) is 17.1 Å². The van der Waals surface area contributed by atoms with Gasteiger partial charge in [0.25, 0.3) is 0 Å². The number of nitrogens with one attached hydrogen (secondary N) is 1. The van der Waals surface area contributed by atoms with Crippen LogP contribution in [0, 0.1) is 0 Å². The number of fused-ring (bicyclic) bond motifs is 1. The Morgan fingerprint density at radius 3 is 2.82 bits per heavy atom. The van der Waals surface area contributed by atoms with Gasteiger partial charge in [-0.25, -0.2) is 0 Å². The molecule has 2 atom stereocenters. The molecule has 1 aliphatic rings. The van der Waals surface area contributed by atoms with Gasteiger partial charge in [-0.05, 0) is 50.1 Å². The molecule has 5 rings (SSSR count). The number of nitrogens with zero attached hydrogens (tertiary/aromatic N) is 3. The van der Waals surface area contributed by atoms with Crippen LogP contribution in [0.5, 0.6) is 5.75 Å². The SMILES string of the molecule is COc1ccc(C(=O)C(C)Sc2nnc(-c3c[nH]c4ccccc34)n2CC2CCCO2)cc1. The summed E-state index contributed by atoms with van der Waals surface area (Å²) < 4.78 is 13.2. The lowest BCUT2D eigenvalue weighted by Gasteiger charge is -2.16. The second-order valence-electron chi connectivity index (χ2n) is 8.15. The molecular formula is C25H26N4O3S. The van der Waals surface area contributed by atoms with Gasteiger partial charge in [0, 0.05) is 34.8 Å². The third-order valence-corrected chi connectivity index (χ3v) is 7.06. The van der Waals surface area contributed by atoms with Gasteiger partial charge in [-0.3, -0.25) is 9.36 Å². The Balaban J connectivity index is 1.45. The summed E-state index contributed by atoms with van der Waals surface area (Å²) in [6.07, 6.45) is 4.16. The molecule has 2 aromatic heterocycles. The number of Topliss-reactive ketones (excluding diaryl/α,β-unsaturated/α-hetero) is 1. The number of hydrogen-bond acceptors (Lipinski definition) is 6. The summed E-state index contributed by atoms with van der Waals surface area (Å²) in [7, 11) is 1.61. The van der Waals surface area contributed by atoms with Crippen LogP contribution in [0.3, 0.4) is 0 Å². The monoisotopic (exact) mass is 462 g/mol. The zero-order valence-electron chi connectivity index (χ0n) is 18.7. The van der Waals surface area contributed by atoms with Gasteiger partial charge in [-0.15, -0.1) is 10.2 Å². The standard InChI is InChI=1S/C25H26N4O3S/c1-16(23(30)17-9-11-18(31-2)12-10-17)33-25-28-27-24(29(25)15-19-6-5-13-32-19)21-14-26-22-8-4-3-7-20(21)22/h3-4,7-12,14,16,19,26H,5-6,13,15H2,1-2H3. The van der Waals surface area contributed by atoms with Crippen molar-refractivity contribution in [2.75, 3.05) is 13.7 Å². The van der Waals surface area contributed by atoms with Crippen molar-refractivity contribution in [3.63, 3.8) is 0 Å². The van der Waals surface area contributed by atoms with Gasteiger partial charge in [0.15, 0.2) is 16.8 Å². The molecule has 0 aliphatic carbocycles. The average molecular weight is 463 g/mol. The Kier molecular flexibility index (Phi) is 6.20. The maximum Gasteiger partial charge on any atom is 0.192 e. The van der Waals surface area contributed by atoms with Gasteiger partial charge in [-0.1, -0.05) is 30.0 Å². The van der Waals surface area contributed by atoms with Crippen LogP contribution in [-0.2, 0) is 11.3 Å². The summed E-state index contributed by atoms with van der Waals surface area (Å²) in [5.74, 6) is 1.56. The second kappa shape index (κ2) is 9.41. The number of ketones is 1. The molecule has 1 aliphatic heterocycles. The number of carbonyl (C=O) groups is 1. The van der Waals surface area contributed by atoms with Crippen molar-refractivity contribution < 1.29 is 14.3 Å². The predicted octanol–water partition coefficient (Wildman–Crippen LogP) is 4.98. The summed E-state index contributed by atoms with van der Waals surface area (Å²) in [5, 5.41) is 10.5. The van der Waals surface area contributed by atoms with Crippen LogP contribution < -0.4 is 4.74 Å². The summed E-state index contributed by atoms with van der Waals surface area (Å²) in [5.41, 5.74) is 2.70. The highest BCUT2D eigenvalue weighted by molar-refractivity contribution is 8.00. The third-order valence-electron chi connectivity index (χ3n) is 5.98.